The Hall–Kier alpha value is -2.54. The van der Waals surface area contributed by atoms with E-state index in [9.17, 15) is 4.39 Å². The molecular weight excluding hydrogens is 229 g/mol. The van der Waals surface area contributed by atoms with Gasteiger partial charge in [-0.25, -0.2) is 4.39 Å². The van der Waals surface area contributed by atoms with Crippen LogP contribution in [-0.2, 0) is 0 Å². The van der Waals surface area contributed by atoms with Gasteiger partial charge in [0, 0.05) is 0 Å². The number of benzene rings is 2. The van der Waals surface area contributed by atoms with Crippen LogP contribution in [0.15, 0.2) is 36.4 Å². The third kappa shape index (κ3) is 2.11. The van der Waals surface area contributed by atoms with Crippen molar-refractivity contribution in [2.45, 2.75) is 6.92 Å². The van der Waals surface area contributed by atoms with Gasteiger partial charge in [0.1, 0.15) is 11.9 Å². The second-order valence-corrected chi connectivity index (χ2v) is 3.94. The van der Waals surface area contributed by atoms with Crippen LogP contribution in [0, 0.1) is 24.1 Å². The van der Waals surface area contributed by atoms with Crippen LogP contribution in [0.1, 0.15) is 11.1 Å². The zero-order valence-electron chi connectivity index (χ0n) is 9.87. The summed E-state index contributed by atoms with van der Waals surface area (Å²) in [5.41, 5.74) is 8.20. The Kier molecular flexibility index (Phi) is 3.16. The molecule has 0 saturated carbocycles. The number of hydrogen-bond donors (Lipinski definition) is 2. The van der Waals surface area contributed by atoms with Crippen LogP contribution >= 0.6 is 0 Å². The number of nitriles is 1. The first-order chi connectivity index (χ1) is 8.63. The summed E-state index contributed by atoms with van der Waals surface area (Å²) in [4.78, 5) is 0. The Bertz CT molecular complexity index is 609. The lowest BCUT2D eigenvalue weighted by molar-refractivity contribution is 0.631. The lowest BCUT2D eigenvalue weighted by atomic mass is 10.1. The summed E-state index contributed by atoms with van der Waals surface area (Å²) in [6.07, 6.45) is 0. The van der Waals surface area contributed by atoms with Crippen LogP contribution in [0.3, 0.4) is 0 Å². The number of nitrogen functional groups attached to an aromatic ring is 1. The third-order valence-electron chi connectivity index (χ3n) is 2.71. The molecule has 4 heteroatoms. The molecule has 0 unspecified atom stereocenters. The van der Waals surface area contributed by atoms with Gasteiger partial charge in [-0.1, -0.05) is 18.2 Å². The molecule has 18 heavy (non-hydrogen) atoms. The summed E-state index contributed by atoms with van der Waals surface area (Å²) in [5, 5.41) is 11.8. The van der Waals surface area contributed by atoms with E-state index in [2.05, 4.69) is 5.32 Å². The van der Waals surface area contributed by atoms with Crippen molar-refractivity contribution in [1.29, 1.82) is 5.26 Å². The van der Waals surface area contributed by atoms with E-state index in [1.165, 1.54) is 6.07 Å². The quantitative estimate of drug-likeness (QED) is 0.793. The summed E-state index contributed by atoms with van der Waals surface area (Å²) in [7, 11) is 0. The Balaban J connectivity index is 2.44. The second-order valence-electron chi connectivity index (χ2n) is 3.94. The van der Waals surface area contributed by atoms with E-state index < -0.39 is 0 Å². The van der Waals surface area contributed by atoms with Crippen molar-refractivity contribution in [2.75, 3.05) is 11.1 Å². The van der Waals surface area contributed by atoms with Gasteiger partial charge in [0.05, 0.1) is 22.6 Å². The number of nitrogens with two attached hydrogens (primary N) is 1. The normalized spacial score (nSPS) is 9.83. The van der Waals surface area contributed by atoms with E-state index in [1.54, 1.807) is 37.3 Å². The molecular formula is C14H12FN3. The molecule has 2 rings (SSSR count). The lowest BCUT2D eigenvalue weighted by Crippen LogP contribution is -2.01. The monoisotopic (exact) mass is 241 g/mol. The highest BCUT2D eigenvalue weighted by Crippen LogP contribution is 2.28. The van der Waals surface area contributed by atoms with Crippen molar-refractivity contribution in [3.05, 3.63) is 53.3 Å². The molecule has 0 spiro atoms. The van der Waals surface area contributed by atoms with Crippen molar-refractivity contribution >= 4 is 17.1 Å². The Morgan fingerprint density at radius 2 is 1.94 bits per heavy atom. The lowest BCUT2D eigenvalue weighted by Gasteiger charge is -2.13. The smallest absolute Gasteiger partial charge is 0.146 e. The van der Waals surface area contributed by atoms with Gasteiger partial charge in [0.25, 0.3) is 0 Å². The molecule has 2 aromatic carbocycles. The fourth-order valence-corrected chi connectivity index (χ4v) is 1.70. The average molecular weight is 241 g/mol. The van der Waals surface area contributed by atoms with Gasteiger partial charge in [-0.15, -0.1) is 0 Å². The maximum atomic E-state index is 13.7. The number of rotatable bonds is 2. The summed E-state index contributed by atoms with van der Waals surface area (Å²) in [6.45, 7) is 1.80. The zero-order valence-corrected chi connectivity index (χ0v) is 9.87. The second kappa shape index (κ2) is 4.76. The predicted molar refractivity (Wildman–Crippen MR) is 70.0 cm³/mol. The van der Waals surface area contributed by atoms with Gasteiger partial charge in [0.2, 0.25) is 0 Å². The molecule has 2 aromatic rings. The summed E-state index contributed by atoms with van der Waals surface area (Å²) in [6, 6.07) is 11.8. The first-order valence-electron chi connectivity index (χ1n) is 5.44. The number of nitrogens with one attached hydrogen (secondary N) is 1. The molecule has 0 aliphatic rings. The maximum absolute atomic E-state index is 13.7. The minimum atomic E-state index is -0.350. The first kappa shape index (κ1) is 11.9. The number of anilines is 3. The highest BCUT2D eigenvalue weighted by Gasteiger charge is 2.09. The predicted octanol–water partition coefficient (Wildman–Crippen LogP) is 3.33. The first-order valence-corrected chi connectivity index (χ1v) is 5.44. The molecule has 90 valence electrons. The molecule has 3 nitrogen and oxygen atoms in total. The largest absolute Gasteiger partial charge is 0.396 e. The van der Waals surface area contributed by atoms with Crippen LogP contribution in [0.4, 0.5) is 21.5 Å². The molecule has 0 saturated heterocycles. The van der Waals surface area contributed by atoms with E-state index in [-0.39, 0.29) is 5.82 Å². The van der Waals surface area contributed by atoms with Crippen LogP contribution in [-0.4, -0.2) is 0 Å². The van der Waals surface area contributed by atoms with Crippen molar-refractivity contribution in [3.63, 3.8) is 0 Å². The van der Waals surface area contributed by atoms with E-state index in [1.807, 2.05) is 6.07 Å². The number of para-hydroxylation sites is 2. The summed E-state index contributed by atoms with van der Waals surface area (Å²) < 4.78 is 13.7. The number of halogens is 1. The van der Waals surface area contributed by atoms with Gasteiger partial charge in [-0.05, 0) is 30.7 Å². The van der Waals surface area contributed by atoms with Crippen LogP contribution in [0.25, 0.3) is 0 Å². The maximum Gasteiger partial charge on any atom is 0.146 e. The number of hydrogen-bond acceptors (Lipinski definition) is 3. The van der Waals surface area contributed by atoms with E-state index in [0.29, 0.717) is 22.6 Å². The van der Waals surface area contributed by atoms with Crippen molar-refractivity contribution in [3.8, 4) is 6.07 Å². The zero-order chi connectivity index (χ0) is 13.1. The van der Waals surface area contributed by atoms with E-state index in [0.717, 1.165) is 5.56 Å². The fraction of sp³-hybridized carbons (Fsp3) is 0.0714. The van der Waals surface area contributed by atoms with Gasteiger partial charge < -0.3 is 11.1 Å². The molecule has 0 radical (unpaired) electrons. The number of aryl methyl sites for hydroxylation is 1. The van der Waals surface area contributed by atoms with Gasteiger partial charge >= 0.3 is 0 Å². The van der Waals surface area contributed by atoms with Crippen molar-refractivity contribution < 1.29 is 4.39 Å². The fourth-order valence-electron chi connectivity index (χ4n) is 1.70. The Morgan fingerprint density at radius 3 is 2.61 bits per heavy atom. The minimum Gasteiger partial charge on any atom is -0.396 e. The van der Waals surface area contributed by atoms with Crippen LogP contribution in [0.2, 0.25) is 0 Å². The average Bonchev–Trinajstić information content (AvgIpc) is 2.36. The van der Waals surface area contributed by atoms with Crippen molar-refractivity contribution in [1.82, 2.24) is 0 Å². The third-order valence-corrected chi connectivity index (χ3v) is 2.71. The summed E-state index contributed by atoms with van der Waals surface area (Å²) in [5.74, 6) is -0.350. The Labute approximate surface area is 105 Å². The molecule has 0 aromatic heterocycles. The molecule has 0 atom stereocenters. The highest BCUT2D eigenvalue weighted by atomic mass is 19.1. The molecule has 0 aliphatic heterocycles. The van der Waals surface area contributed by atoms with Crippen LogP contribution < -0.4 is 11.1 Å². The van der Waals surface area contributed by atoms with Crippen molar-refractivity contribution in [2.24, 2.45) is 0 Å². The molecule has 0 heterocycles. The van der Waals surface area contributed by atoms with Gasteiger partial charge in [0.15, 0.2) is 0 Å². The summed E-state index contributed by atoms with van der Waals surface area (Å²) >= 11 is 0. The number of nitrogens with zero attached hydrogens (tertiary/aromatic N) is 1. The van der Waals surface area contributed by atoms with Crippen LogP contribution in [0.5, 0.6) is 0 Å². The standard InChI is InChI=1S/C14H12FN3/c1-9-4-2-6-11(15)14(9)18-12-7-3-5-10(8-16)13(12)17/h2-7,18H,17H2,1H3. The molecule has 3 N–H and O–H groups in total. The molecule has 0 amide bonds. The SMILES string of the molecule is Cc1cccc(F)c1Nc1cccc(C#N)c1N. The van der Waals surface area contributed by atoms with Gasteiger partial charge in [-0.2, -0.15) is 5.26 Å². The van der Waals surface area contributed by atoms with E-state index >= 15 is 0 Å². The topological polar surface area (TPSA) is 61.8 Å². The molecule has 0 fully saturated rings. The molecule has 0 aliphatic carbocycles. The highest BCUT2D eigenvalue weighted by molar-refractivity contribution is 5.78. The Morgan fingerprint density at radius 1 is 1.22 bits per heavy atom. The molecule has 0 bridgehead atoms. The van der Waals surface area contributed by atoms with E-state index in [4.69, 9.17) is 11.0 Å². The van der Waals surface area contributed by atoms with Gasteiger partial charge in [-0.3, -0.25) is 0 Å². The minimum absolute atomic E-state index is 0.322.